The third-order valence-corrected chi connectivity index (χ3v) is 6.64. The van der Waals surface area contributed by atoms with Crippen molar-refractivity contribution < 1.29 is 14.7 Å². The molecule has 0 aromatic carbocycles. The van der Waals surface area contributed by atoms with Crippen molar-refractivity contribution in [3.8, 4) is 0 Å². The van der Waals surface area contributed by atoms with Gasteiger partial charge in [0, 0.05) is 31.0 Å². The highest BCUT2D eigenvalue weighted by Gasteiger charge is 2.33. The summed E-state index contributed by atoms with van der Waals surface area (Å²) in [5.41, 5.74) is 3.96. The minimum atomic E-state index is -0.815. The average Bonchev–Trinajstić information content (AvgIpc) is 3.16. The first-order chi connectivity index (χ1) is 13.6. The number of hydrogen-bond donors (Lipinski definition) is 1. The van der Waals surface area contributed by atoms with Gasteiger partial charge in [-0.25, -0.2) is 0 Å². The minimum Gasteiger partial charge on any atom is -0.480 e. The predicted molar refractivity (Wildman–Crippen MR) is 106 cm³/mol. The number of carbonyl (C=O) groups excluding carboxylic acids is 1. The van der Waals surface area contributed by atoms with Crippen LogP contribution in [0, 0.1) is 11.8 Å². The Hall–Kier alpha value is -1.95. The molecule has 3 heterocycles. The van der Waals surface area contributed by atoms with Crippen LogP contribution in [0.25, 0.3) is 0 Å². The number of amides is 1. The summed E-state index contributed by atoms with van der Waals surface area (Å²) in [5.74, 6) is -0.0218. The molecule has 4 rings (SSSR count). The van der Waals surface area contributed by atoms with Gasteiger partial charge >= 0.3 is 5.97 Å². The molecule has 0 radical (unpaired) electrons. The Labute approximate surface area is 166 Å². The molecular weight excluding hydrogens is 354 g/mol. The molecule has 1 amide bonds. The summed E-state index contributed by atoms with van der Waals surface area (Å²) in [6.07, 6.45) is 8.72. The van der Waals surface area contributed by atoms with Gasteiger partial charge in [-0.2, -0.15) is 0 Å². The van der Waals surface area contributed by atoms with Crippen LogP contribution in [0.2, 0.25) is 0 Å². The third kappa shape index (κ3) is 4.54. The van der Waals surface area contributed by atoms with E-state index in [2.05, 4.69) is 12.1 Å². The maximum Gasteiger partial charge on any atom is 0.317 e. The summed E-state index contributed by atoms with van der Waals surface area (Å²) in [6.45, 7) is 2.99. The lowest BCUT2D eigenvalue weighted by Gasteiger charge is -2.33. The molecule has 2 saturated heterocycles. The first-order valence-corrected chi connectivity index (χ1v) is 10.8. The Morgan fingerprint density at radius 2 is 1.86 bits per heavy atom. The lowest BCUT2D eigenvalue weighted by atomic mass is 9.90. The van der Waals surface area contributed by atoms with Crippen LogP contribution in [0.1, 0.15) is 49.1 Å². The molecule has 1 aromatic heterocycles. The van der Waals surface area contributed by atoms with E-state index < -0.39 is 5.97 Å². The fourth-order valence-corrected chi connectivity index (χ4v) is 5.02. The lowest BCUT2D eigenvalue weighted by molar-refractivity contribution is -0.139. The van der Waals surface area contributed by atoms with Crippen LogP contribution >= 0.6 is 0 Å². The van der Waals surface area contributed by atoms with E-state index in [0.29, 0.717) is 19.0 Å². The van der Waals surface area contributed by atoms with Crippen molar-refractivity contribution in [2.45, 2.75) is 51.4 Å². The molecule has 6 nitrogen and oxygen atoms in total. The van der Waals surface area contributed by atoms with Crippen LogP contribution in [0.15, 0.2) is 12.1 Å². The minimum absolute atomic E-state index is 0.0294. The molecule has 28 heavy (non-hydrogen) atoms. The van der Waals surface area contributed by atoms with E-state index in [-0.39, 0.29) is 18.4 Å². The van der Waals surface area contributed by atoms with E-state index in [9.17, 15) is 9.59 Å². The molecule has 3 aliphatic rings. The molecule has 2 fully saturated rings. The molecule has 0 spiro atoms. The van der Waals surface area contributed by atoms with Crippen molar-refractivity contribution in [3.05, 3.63) is 29.1 Å². The van der Waals surface area contributed by atoms with Crippen LogP contribution in [-0.4, -0.2) is 64.5 Å². The molecule has 0 saturated carbocycles. The molecule has 152 valence electrons. The zero-order chi connectivity index (χ0) is 19.5. The van der Waals surface area contributed by atoms with Crippen molar-refractivity contribution in [2.24, 2.45) is 11.8 Å². The van der Waals surface area contributed by atoms with Gasteiger partial charge in [-0.15, -0.1) is 0 Å². The maximum atomic E-state index is 12.8. The summed E-state index contributed by atoms with van der Waals surface area (Å²) in [4.78, 5) is 32.5. The summed E-state index contributed by atoms with van der Waals surface area (Å²) in [5, 5.41) is 8.92. The highest BCUT2D eigenvalue weighted by molar-refractivity contribution is 5.79. The molecule has 1 unspecified atom stereocenters. The summed E-state index contributed by atoms with van der Waals surface area (Å²) in [6, 6.07) is 4.48. The summed E-state index contributed by atoms with van der Waals surface area (Å²) in [7, 11) is 0. The third-order valence-electron chi connectivity index (χ3n) is 6.64. The van der Waals surface area contributed by atoms with Gasteiger partial charge in [-0.05, 0) is 75.5 Å². The van der Waals surface area contributed by atoms with Crippen molar-refractivity contribution in [3.63, 3.8) is 0 Å². The van der Waals surface area contributed by atoms with Gasteiger partial charge in [0.25, 0.3) is 0 Å². The number of hydrogen-bond acceptors (Lipinski definition) is 4. The SMILES string of the molecule is O=C(O)CN1CCC(C(=O)N2CCC(Cc3ccc4c(n3)CCCC4)CC2)C1. The van der Waals surface area contributed by atoms with E-state index in [4.69, 9.17) is 10.1 Å². The zero-order valence-electron chi connectivity index (χ0n) is 16.6. The number of nitrogens with zero attached hydrogens (tertiary/aromatic N) is 3. The molecule has 1 aromatic rings. The van der Waals surface area contributed by atoms with Crippen molar-refractivity contribution in [1.82, 2.24) is 14.8 Å². The number of aliphatic carboxylic acids is 1. The van der Waals surface area contributed by atoms with E-state index in [0.717, 1.165) is 45.2 Å². The number of piperidine rings is 1. The van der Waals surface area contributed by atoms with Crippen LogP contribution in [-0.2, 0) is 28.9 Å². The molecule has 6 heteroatoms. The van der Waals surface area contributed by atoms with E-state index in [1.165, 1.54) is 36.2 Å². The molecule has 2 aliphatic heterocycles. The molecule has 1 atom stereocenters. The fourth-order valence-electron chi connectivity index (χ4n) is 5.02. The second-order valence-electron chi connectivity index (χ2n) is 8.70. The summed E-state index contributed by atoms with van der Waals surface area (Å²) < 4.78 is 0. The molecule has 0 bridgehead atoms. The number of carboxylic acids is 1. The first-order valence-electron chi connectivity index (χ1n) is 10.8. The largest absolute Gasteiger partial charge is 0.480 e. The van der Waals surface area contributed by atoms with Gasteiger partial charge in [0.2, 0.25) is 5.91 Å². The molecular formula is C22H31N3O3. The number of carbonyl (C=O) groups is 2. The Kier molecular flexibility index (Phi) is 5.95. The van der Waals surface area contributed by atoms with Gasteiger partial charge in [0.15, 0.2) is 0 Å². The number of rotatable bonds is 5. The van der Waals surface area contributed by atoms with E-state index in [1.54, 1.807) is 0 Å². The smallest absolute Gasteiger partial charge is 0.317 e. The second kappa shape index (κ2) is 8.60. The lowest BCUT2D eigenvalue weighted by Crippen LogP contribution is -2.43. The number of fused-ring (bicyclic) bond motifs is 1. The van der Waals surface area contributed by atoms with Crippen LogP contribution in [0.5, 0.6) is 0 Å². The number of aryl methyl sites for hydroxylation is 2. The van der Waals surface area contributed by atoms with Gasteiger partial charge in [-0.3, -0.25) is 19.5 Å². The van der Waals surface area contributed by atoms with Gasteiger partial charge in [0.1, 0.15) is 0 Å². The van der Waals surface area contributed by atoms with Crippen LogP contribution < -0.4 is 0 Å². The molecule has 1 aliphatic carbocycles. The van der Waals surface area contributed by atoms with Crippen molar-refractivity contribution in [2.75, 3.05) is 32.7 Å². The van der Waals surface area contributed by atoms with Gasteiger partial charge in [-0.1, -0.05) is 6.07 Å². The van der Waals surface area contributed by atoms with E-state index >= 15 is 0 Å². The first kappa shape index (κ1) is 19.4. The normalized spacial score (nSPS) is 23.6. The quantitative estimate of drug-likeness (QED) is 0.841. The van der Waals surface area contributed by atoms with Gasteiger partial charge in [0.05, 0.1) is 12.5 Å². The highest BCUT2D eigenvalue weighted by atomic mass is 16.4. The van der Waals surface area contributed by atoms with Gasteiger partial charge < -0.3 is 10.0 Å². The highest BCUT2D eigenvalue weighted by Crippen LogP contribution is 2.26. The zero-order valence-corrected chi connectivity index (χ0v) is 16.6. The van der Waals surface area contributed by atoms with Crippen molar-refractivity contribution in [1.29, 1.82) is 0 Å². The monoisotopic (exact) mass is 385 g/mol. The number of pyridine rings is 1. The molecule has 1 N–H and O–H groups in total. The summed E-state index contributed by atoms with van der Waals surface area (Å²) >= 11 is 0. The second-order valence-corrected chi connectivity index (χ2v) is 8.70. The number of likely N-dealkylation sites (tertiary alicyclic amines) is 2. The van der Waals surface area contributed by atoms with Crippen LogP contribution in [0.4, 0.5) is 0 Å². The Bertz CT molecular complexity index is 728. The van der Waals surface area contributed by atoms with Crippen LogP contribution in [0.3, 0.4) is 0 Å². The number of aromatic nitrogens is 1. The standard InChI is InChI=1S/C22H31N3O3/c26-21(27)15-24-10-9-18(14-24)22(28)25-11-7-16(8-12-25)13-19-6-5-17-3-1-2-4-20(17)23-19/h5-6,16,18H,1-4,7-15H2,(H,26,27). The van der Waals surface area contributed by atoms with E-state index in [1.807, 2.05) is 9.80 Å². The van der Waals surface area contributed by atoms with Crippen molar-refractivity contribution >= 4 is 11.9 Å². The maximum absolute atomic E-state index is 12.8. The Balaban J connectivity index is 1.25. The Morgan fingerprint density at radius 1 is 1.07 bits per heavy atom. The topological polar surface area (TPSA) is 73.7 Å². The number of carboxylic acid groups (broad SMARTS) is 1. The Morgan fingerprint density at radius 3 is 2.64 bits per heavy atom. The average molecular weight is 386 g/mol. The fraction of sp³-hybridized carbons (Fsp3) is 0.682. The predicted octanol–water partition coefficient (Wildman–Crippen LogP) is 2.15.